The molecule has 0 aromatic heterocycles. The zero-order chi connectivity index (χ0) is 11.4. The van der Waals surface area contributed by atoms with Gasteiger partial charge in [-0.25, -0.2) is 0 Å². The summed E-state index contributed by atoms with van der Waals surface area (Å²) in [6, 6.07) is 0.793. The molecule has 0 radical (unpaired) electrons. The van der Waals surface area contributed by atoms with Crippen LogP contribution < -0.4 is 5.32 Å². The Morgan fingerprint density at radius 1 is 1.19 bits per heavy atom. The van der Waals surface area contributed by atoms with Crippen molar-refractivity contribution in [1.29, 1.82) is 0 Å². The molecule has 16 heavy (non-hydrogen) atoms. The summed E-state index contributed by atoms with van der Waals surface area (Å²) in [4.78, 5) is 0. The van der Waals surface area contributed by atoms with Crippen molar-refractivity contribution in [2.24, 2.45) is 5.92 Å². The first-order valence-electron chi connectivity index (χ1n) is 6.83. The lowest BCUT2D eigenvalue weighted by Gasteiger charge is -2.43. The van der Waals surface area contributed by atoms with E-state index in [0.717, 1.165) is 29.0 Å². The second kappa shape index (κ2) is 6.55. The van der Waals surface area contributed by atoms with Crippen LogP contribution >= 0.6 is 23.5 Å². The highest BCUT2D eigenvalue weighted by atomic mass is 32.2. The van der Waals surface area contributed by atoms with E-state index in [1.807, 2.05) is 0 Å². The van der Waals surface area contributed by atoms with E-state index < -0.39 is 0 Å². The molecule has 1 aliphatic heterocycles. The maximum absolute atomic E-state index is 3.78. The topological polar surface area (TPSA) is 12.0 Å². The average Bonchev–Trinajstić information content (AvgIpc) is 2.26. The number of rotatable bonds is 5. The van der Waals surface area contributed by atoms with Crippen LogP contribution in [0.25, 0.3) is 0 Å². The predicted octanol–water partition coefficient (Wildman–Crippen LogP) is 3.39. The Hall–Kier alpha value is 0.660. The van der Waals surface area contributed by atoms with Crippen molar-refractivity contribution in [1.82, 2.24) is 5.32 Å². The van der Waals surface area contributed by atoms with Gasteiger partial charge in [0.15, 0.2) is 0 Å². The van der Waals surface area contributed by atoms with Crippen LogP contribution in [0.3, 0.4) is 0 Å². The Balaban J connectivity index is 1.97. The van der Waals surface area contributed by atoms with E-state index in [-0.39, 0.29) is 0 Å². The lowest BCUT2D eigenvalue weighted by Crippen LogP contribution is -2.51. The zero-order valence-corrected chi connectivity index (χ0v) is 12.2. The summed E-state index contributed by atoms with van der Waals surface area (Å²) >= 11 is 4.45. The van der Waals surface area contributed by atoms with E-state index in [4.69, 9.17) is 0 Å². The summed E-state index contributed by atoms with van der Waals surface area (Å²) in [5.41, 5.74) is 0. The van der Waals surface area contributed by atoms with E-state index in [2.05, 4.69) is 42.7 Å². The highest BCUT2D eigenvalue weighted by Crippen LogP contribution is 2.41. The molecule has 3 unspecified atom stereocenters. The standard InChI is InChI=1S/C13H25NS2/c1-3-11-13(16-9-8-15-11)12(14-4-2)10-6-5-7-10/h10-14H,3-9H2,1-2H3. The highest BCUT2D eigenvalue weighted by Gasteiger charge is 2.38. The van der Waals surface area contributed by atoms with Gasteiger partial charge in [0.1, 0.15) is 0 Å². The molecule has 1 N–H and O–H groups in total. The Morgan fingerprint density at radius 3 is 2.50 bits per heavy atom. The van der Waals surface area contributed by atoms with Gasteiger partial charge in [0.05, 0.1) is 0 Å². The van der Waals surface area contributed by atoms with Gasteiger partial charge in [-0.15, -0.1) is 0 Å². The first-order chi connectivity index (χ1) is 7.86. The minimum atomic E-state index is 0.793. The highest BCUT2D eigenvalue weighted by molar-refractivity contribution is 8.07. The van der Waals surface area contributed by atoms with Crippen LogP contribution in [-0.2, 0) is 0 Å². The first kappa shape index (κ1) is 13.1. The molecule has 1 saturated heterocycles. The smallest absolute Gasteiger partial charge is 0.0322 e. The fraction of sp³-hybridized carbons (Fsp3) is 1.00. The maximum atomic E-state index is 3.78. The van der Waals surface area contributed by atoms with Crippen LogP contribution in [0.2, 0.25) is 0 Å². The van der Waals surface area contributed by atoms with Crippen LogP contribution in [0, 0.1) is 5.92 Å². The lowest BCUT2D eigenvalue weighted by molar-refractivity contribution is 0.224. The van der Waals surface area contributed by atoms with Crippen molar-refractivity contribution in [3.63, 3.8) is 0 Å². The molecule has 0 amide bonds. The predicted molar refractivity (Wildman–Crippen MR) is 77.6 cm³/mol. The normalized spacial score (nSPS) is 33.4. The number of hydrogen-bond acceptors (Lipinski definition) is 3. The molecular weight excluding hydrogens is 234 g/mol. The lowest BCUT2D eigenvalue weighted by atomic mass is 9.77. The Morgan fingerprint density at radius 2 is 1.94 bits per heavy atom. The van der Waals surface area contributed by atoms with Crippen LogP contribution in [-0.4, -0.2) is 34.6 Å². The number of thioether (sulfide) groups is 2. The van der Waals surface area contributed by atoms with Gasteiger partial charge >= 0.3 is 0 Å². The minimum absolute atomic E-state index is 0.793. The zero-order valence-electron chi connectivity index (χ0n) is 10.6. The van der Waals surface area contributed by atoms with E-state index in [0.29, 0.717) is 0 Å². The van der Waals surface area contributed by atoms with Crippen molar-refractivity contribution in [3.8, 4) is 0 Å². The van der Waals surface area contributed by atoms with Gasteiger partial charge in [0.2, 0.25) is 0 Å². The Bertz CT molecular complexity index is 204. The maximum Gasteiger partial charge on any atom is 0.0322 e. The molecule has 0 aromatic rings. The fourth-order valence-electron chi connectivity index (χ4n) is 2.86. The van der Waals surface area contributed by atoms with Crippen molar-refractivity contribution < 1.29 is 0 Å². The van der Waals surface area contributed by atoms with E-state index in [9.17, 15) is 0 Å². The van der Waals surface area contributed by atoms with Crippen LogP contribution in [0.4, 0.5) is 0 Å². The first-order valence-corrected chi connectivity index (χ1v) is 8.93. The molecule has 0 aromatic carbocycles. The van der Waals surface area contributed by atoms with Gasteiger partial charge in [-0.3, -0.25) is 0 Å². The second-order valence-electron chi connectivity index (χ2n) is 4.93. The van der Waals surface area contributed by atoms with Crippen molar-refractivity contribution in [2.45, 2.75) is 56.1 Å². The monoisotopic (exact) mass is 259 g/mol. The van der Waals surface area contributed by atoms with Gasteiger partial charge in [-0.05, 0) is 31.7 Å². The fourth-order valence-corrected chi connectivity index (χ4v) is 6.20. The van der Waals surface area contributed by atoms with Crippen LogP contribution in [0.15, 0.2) is 0 Å². The van der Waals surface area contributed by atoms with Gasteiger partial charge in [-0.1, -0.05) is 20.3 Å². The van der Waals surface area contributed by atoms with Crippen LogP contribution in [0.1, 0.15) is 39.5 Å². The summed E-state index contributed by atoms with van der Waals surface area (Å²) in [7, 11) is 0. The average molecular weight is 259 g/mol. The molecule has 0 bridgehead atoms. The molecule has 1 heterocycles. The van der Waals surface area contributed by atoms with Crippen LogP contribution in [0.5, 0.6) is 0 Å². The summed E-state index contributed by atoms with van der Waals surface area (Å²) in [6.07, 6.45) is 5.75. The van der Waals surface area contributed by atoms with Crippen molar-refractivity contribution in [2.75, 3.05) is 18.1 Å². The third-order valence-corrected chi connectivity index (χ3v) is 7.32. The second-order valence-corrected chi connectivity index (χ2v) is 7.56. The van der Waals surface area contributed by atoms with Gasteiger partial charge in [0, 0.05) is 28.0 Å². The molecule has 94 valence electrons. The largest absolute Gasteiger partial charge is 0.313 e. The molecule has 2 rings (SSSR count). The molecule has 1 nitrogen and oxygen atoms in total. The van der Waals surface area contributed by atoms with Crippen molar-refractivity contribution in [3.05, 3.63) is 0 Å². The summed E-state index contributed by atoms with van der Waals surface area (Å²) in [5.74, 6) is 3.70. The van der Waals surface area contributed by atoms with Gasteiger partial charge < -0.3 is 5.32 Å². The Labute approximate surface area is 109 Å². The molecule has 2 fully saturated rings. The van der Waals surface area contributed by atoms with E-state index >= 15 is 0 Å². The molecule has 1 saturated carbocycles. The third kappa shape index (κ3) is 2.91. The molecular formula is C13H25NS2. The summed E-state index contributed by atoms with van der Waals surface area (Å²) in [5, 5.41) is 5.55. The quantitative estimate of drug-likeness (QED) is 0.813. The van der Waals surface area contributed by atoms with Gasteiger partial charge in [-0.2, -0.15) is 23.5 Å². The molecule has 0 spiro atoms. The third-order valence-electron chi connectivity index (χ3n) is 3.95. The summed E-state index contributed by atoms with van der Waals surface area (Å²) < 4.78 is 0. The molecule has 3 atom stereocenters. The number of hydrogen-bond donors (Lipinski definition) is 1. The van der Waals surface area contributed by atoms with Gasteiger partial charge in [0.25, 0.3) is 0 Å². The van der Waals surface area contributed by atoms with E-state index in [1.54, 1.807) is 0 Å². The summed E-state index contributed by atoms with van der Waals surface area (Å²) in [6.45, 7) is 5.76. The molecule has 3 heteroatoms. The van der Waals surface area contributed by atoms with Crippen molar-refractivity contribution >= 4 is 23.5 Å². The molecule has 1 aliphatic carbocycles. The molecule has 2 aliphatic rings. The Kier molecular flexibility index (Phi) is 5.37. The van der Waals surface area contributed by atoms with E-state index in [1.165, 1.54) is 37.2 Å². The number of nitrogens with one attached hydrogen (secondary N) is 1. The SMILES string of the molecule is CCNC(C1CCC1)C1SCCSC1CC. The minimum Gasteiger partial charge on any atom is -0.313 e.